The largest absolute Gasteiger partial charge is 0.487 e. The number of pyridine rings is 3. The van der Waals surface area contributed by atoms with Crippen molar-refractivity contribution in [3.05, 3.63) is 76.1 Å². The summed E-state index contributed by atoms with van der Waals surface area (Å²) >= 11 is 0. The van der Waals surface area contributed by atoms with Crippen LogP contribution in [0.1, 0.15) is 56.2 Å². The molecule has 3 fully saturated rings. The lowest BCUT2D eigenvalue weighted by Gasteiger charge is -2.41. The Labute approximate surface area is 296 Å². The molecule has 3 saturated heterocycles. The minimum Gasteiger partial charge on any atom is -0.487 e. The molecule has 0 bridgehead atoms. The van der Waals surface area contributed by atoms with E-state index in [2.05, 4.69) is 31.3 Å². The van der Waals surface area contributed by atoms with Gasteiger partial charge in [0, 0.05) is 75.8 Å². The molecule has 2 unspecified atom stereocenters. The molecule has 8 rings (SSSR count). The number of hydrogen-bond acceptors (Lipinski definition) is 11. The van der Waals surface area contributed by atoms with Gasteiger partial charge in [0.05, 0.1) is 54.3 Å². The van der Waals surface area contributed by atoms with Crippen LogP contribution in [0.3, 0.4) is 0 Å². The molecular weight excluding hydrogens is 653 g/mol. The average molecular weight is 700 g/mol. The van der Waals surface area contributed by atoms with Crippen molar-refractivity contribution in [1.82, 2.24) is 19.4 Å². The number of nitrogens with zero attached hydrogens (tertiary/aromatic N) is 6. The summed E-state index contributed by atoms with van der Waals surface area (Å²) in [6.45, 7) is 6.52. The van der Waals surface area contributed by atoms with Crippen molar-refractivity contribution < 1.29 is 23.7 Å². The number of ether oxygens (including phenoxy) is 3. The monoisotopic (exact) mass is 699 g/mol. The number of aromatic nitrogens is 3. The third kappa shape index (κ3) is 6.47. The number of rotatable bonds is 8. The Balaban J connectivity index is 1.14. The van der Waals surface area contributed by atoms with E-state index >= 15 is 4.39 Å². The number of aliphatic hydroxyl groups is 1. The quantitative estimate of drug-likeness (QED) is 0.274. The highest BCUT2D eigenvalue weighted by atomic mass is 19.1. The van der Waals surface area contributed by atoms with E-state index in [4.69, 9.17) is 19.9 Å². The molecule has 0 radical (unpaired) electrons. The second-order valence-corrected chi connectivity index (χ2v) is 14.6. The fourth-order valence-electron chi connectivity index (χ4n) is 8.48. The van der Waals surface area contributed by atoms with Crippen LogP contribution in [0.25, 0.3) is 10.9 Å². The van der Waals surface area contributed by atoms with Crippen molar-refractivity contribution in [3.63, 3.8) is 0 Å². The number of hydrogen-bond donors (Lipinski definition) is 2. The molecule has 0 saturated carbocycles. The molecule has 7 heterocycles. The van der Waals surface area contributed by atoms with Crippen molar-refractivity contribution in [2.75, 3.05) is 62.0 Å². The molecule has 13 heteroatoms. The van der Waals surface area contributed by atoms with Crippen LogP contribution in [0.4, 0.5) is 21.6 Å². The number of aliphatic hydroxyl groups excluding tert-OH is 1. The van der Waals surface area contributed by atoms with Crippen LogP contribution in [0, 0.1) is 5.82 Å². The van der Waals surface area contributed by atoms with E-state index in [9.17, 15) is 9.90 Å². The normalized spacial score (nSPS) is 22.9. The van der Waals surface area contributed by atoms with Gasteiger partial charge in [-0.05, 0) is 62.4 Å². The minimum absolute atomic E-state index is 0.0586. The molecule has 0 aliphatic carbocycles. The first-order valence-electron chi connectivity index (χ1n) is 18.0. The molecule has 4 aliphatic rings. The Morgan fingerprint density at radius 1 is 1.12 bits per heavy atom. The Kier molecular flexibility index (Phi) is 8.97. The highest BCUT2D eigenvalue weighted by Crippen LogP contribution is 2.45. The van der Waals surface area contributed by atoms with Gasteiger partial charge in [0.15, 0.2) is 17.0 Å². The predicted octanol–water partition coefficient (Wildman–Crippen LogP) is 4.27. The summed E-state index contributed by atoms with van der Waals surface area (Å²) in [5.74, 6) is 0.981. The van der Waals surface area contributed by atoms with Crippen LogP contribution in [-0.2, 0) is 17.8 Å². The molecule has 1 spiro atoms. The molecule has 4 aromatic rings. The number of piperidine rings is 2. The van der Waals surface area contributed by atoms with Crippen LogP contribution < -0.4 is 30.4 Å². The molecule has 0 amide bonds. The van der Waals surface area contributed by atoms with Crippen LogP contribution in [0.5, 0.6) is 11.6 Å². The van der Waals surface area contributed by atoms with Gasteiger partial charge in [-0.15, -0.1) is 0 Å². The lowest BCUT2D eigenvalue weighted by molar-refractivity contribution is -0.0167. The first kappa shape index (κ1) is 33.7. The second-order valence-electron chi connectivity index (χ2n) is 14.6. The number of benzene rings is 1. The molecule has 3 N–H and O–H groups in total. The lowest BCUT2D eigenvalue weighted by Crippen LogP contribution is -2.48. The van der Waals surface area contributed by atoms with Gasteiger partial charge in [0.2, 0.25) is 5.88 Å². The smallest absolute Gasteiger partial charge is 0.213 e. The molecule has 12 nitrogen and oxygen atoms in total. The van der Waals surface area contributed by atoms with Gasteiger partial charge in [-0.3, -0.25) is 9.69 Å². The van der Waals surface area contributed by atoms with E-state index in [1.165, 1.54) is 6.07 Å². The summed E-state index contributed by atoms with van der Waals surface area (Å²) in [5, 5.41) is 10.4. The van der Waals surface area contributed by atoms with E-state index in [0.29, 0.717) is 98.3 Å². The summed E-state index contributed by atoms with van der Waals surface area (Å²) < 4.78 is 36.1. The molecule has 3 atom stereocenters. The number of nitrogens with two attached hydrogens (primary N) is 1. The van der Waals surface area contributed by atoms with Crippen molar-refractivity contribution in [1.29, 1.82) is 0 Å². The highest BCUT2D eigenvalue weighted by molar-refractivity contribution is 5.92. The lowest BCUT2D eigenvalue weighted by atomic mass is 9.87. The predicted molar refractivity (Wildman–Crippen MR) is 193 cm³/mol. The van der Waals surface area contributed by atoms with Crippen molar-refractivity contribution in [2.24, 2.45) is 0 Å². The van der Waals surface area contributed by atoms with E-state index in [-0.39, 0.29) is 23.1 Å². The number of halogens is 1. The summed E-state index contributed by atoms with van der Waals surface area (Å²) in [5.41, 5.74) is 9.01. The van der Waals surface area contributed by atoms with Gasteiger partial charge >= 0.3 is 0 Å². The zero-order valence-electron chi connectivity index (χ0n) is 29.3. The van der Waals surface area contributed by atoms with Crippen LogP contribution in [-0.4, -0.2) is 88.8 Å². The van der Waals surface area contributed by atoms with E-state index in [0.717, 1.165) is 37.2 Å². The van der Waals surface area contributed by atoms with Gasteiger partial charge < -0.3 is 39.4 Å². The Bertz CT molecular complexity index is 1970. The average Bonchev–Trinajstić information content (AvgIpc) is 3.51. The first-order chi connectivity index (χ1) is 24.7. The Hall–Kier alpha value is -4.46. The van der Waals surface area contributed by atoms with Crippen molar-refractivity contribution in [3.8, 4) is 11.6 Å². The van der Waals surface area contributed by atoms with Crippen molar-refractivity contribution >= 4 is 28.1 Å². The Morgan fingerprint density at radius 2 is 1.96 bits per heavy atom. The summed E-state index contributed by atoms with van der Waals surface area (Å²) in [7, 11) is 1.60. The van der Waals surface area contributed by atoms with Gasteiger partial charge in [-0.1, -0.05) is 0 Å². The maximum atomic E-state index is 16.3. The number of nitrogen functional groups attached to an aromatic ring is 1. The minimum atomic E-state index is -0.461. The molecule has 3 aromatic heterocycles. The number of methoxy groups -OCH3 is 1. The van der Waals surface area contributed by atoms with Gasteiger partial charge in [0.25, 0.3) is 0 Å². The van der Waals surface area contributed by atoms with Gasteiger partial charge in [0.1, 0.15) is 18.1 Å². The van der Waals surface area contributed by atoms with E-state index in [1.54, 1.807) is 13.3 Å². The third-order valence-electron chi connectivity index (χ3n) is 11.2. The highest BCUT2D eigenvalue weighted by Gasteiger charge is 2.43. The number of anilines is 3. The molecule has 1 aromatic carbocycles. The fraction of sp³-hybridized carbons (Fsp3) is 0.500. The molecule has 51 heavy (non-hydrogen) atoms. The van der Waals surface area contributed by atoms with Crippen LogP contribution >= 0.6 is 0 Å². The standard InChI is InChI=1S/C38H46FN7O5/c1-24-22-50-37-34-30(15-31(39)35(37)43-12-8-38(9-13-43)16-29(47)23-51-38)36(48)26(20-46(24)34)19-45(18-25-7-10-41-33(14-25)49-2)28-4-3-11-44(21-28)27-5-6-32(40)42-17-27/h5-7,10,14-15,17,20,24,28-29,47H,3-4,8-9,11-13,16,18-19,21-23H2,1-2H3,(H2,40,42)/t24?,28-,29?/m0/s1. The van der Waals surface area contributed by atoms with E-state index in [1.807, 2.05) is 41.6 Å². The Morgan fingerprint density at radius 3 is 2.71 bits per heavy atom. The van der Waals surface area contributed by atoms with E-state index < -0.39 is 11.9 Å². The topological polar surface area (TPSA) is 131 Å². The van der Waals surface area contributed by atoms with Crippen molar-refractivity contribution in [2.45, 2.75) is 75.9 Å². The van der Waals surface area contributed by atoms with Crippen LogP contribution in [0.15, 0.2) is 53.7 Å². The fourth-order valence-corrected chi connectivity index (χ4v) is 8.48. The molecular formula is C38H46FN7O5. The maximum Gasteiger partial charge on any atom is 0.213 e. The maximum absolute atomic E-state index is 16.3. The zero-order chi connectivity index (χ0) is 35.3. The van der Waals surface area contributed by atoms with Gasteiger partial charge in [-0.25, -0.2) is 14.4 Å². The first-order valence-corrected chi connectivity index (χ1v) is 18.0. The summed E-state index contributed by atoms with van der Waals surface area (Å²) in [6.07, 6.45) is 8.98. The molecule has 270 valence electrons. The summed E-state index contributed by atoms with van der Waals surface area (Å²) in [6, 6.07) is 9.20. The third-order valence-corrected chi connectivity index (χ3v) is 11.2. The van der Waals surface area contributed by atoms with Crippen LogP contribution in [0.2, 0.25) is 0 Å². The zero-order valence-corrected chi connectivity index (χ0v) is 29.3. The molecule has 4 aliphatic heterocycles. The summed E-state index contributed by atoms with van der Waals surface area (Å²) in [4.78, 5) is 29.7. The SMILES string of the molecule is COc1cc(CN(Cc2cn3c4c(c(N5CCC6(CC5)CC(O)CO6)c(F)cc4c2=O)OCC3C)[C@H]2CCCN(c3ccc(N)nc3)C2)ccn1. The second kappa shape index (κ2) is 13.6. The van der Waals surface area contributed by atoms with Gasteiger partial charge in [-0.2, -0.15) is 0 Å².